The number of hydrogen-bond acceptors (Lipinski definition) is 2. The molecular formula is C60H39NS. The summed E-state index contributed by atoms with van der Waals surface area (Å²) >= 11 is 1.86. The van der Waals surface area contributed by atoms with Crippen LogP contribution in [0.4, 0.5) is 17.1 Å². The van der Waals surface area contributed by atoms with Gasteiger partial charge < -0.3 is 4.90 Å². The van der Waals surface area contributed by atoms with Gasteiger partial charge >= 0.3 is 0 Å². The summed E-state index contributed by atoms with van der Waals surface area (Å²) in [5.41, 5.74) is 13.1. The molecule has 0 N–H and O–H groups in total. The van der Waals surface area contributed by atoms with Crippen LogP contribution in [-0.2, 0) is 0 Å². The highest BCUT2D eigenvalue weighted by molar-refractivity contribution is 7.26. The van der Waals surface area contributed by atoms with E-state index in [1.54, 1.807) is 0 Å². The van der Waals surface area contributed by atoms with Crippen molar-refractivity contribution >= 4 is 80.9 Å². The first-order valence-corrected chi connectivity index (χ1v) is 22.1. The van der Waals surface area contributed by atoms with Crippen LogP contribution < -0.4 is 4.90 Å². The molecule has 0 unspecified atom stereocenters. The predicted octanol–water partition coefficient (Wildman–Crippen LogP) is 17.7. The Hall–Kier alpha value is -7.78. The van der Waals surface area contributed by atoms with E-state index in [1.807, 2.05) is 11.3 Å². The average molecular weight is 806 g/mol. The quantitative estimate of drug-likeness (QED) is 0.145. The summed E-state index contributed by atoms with van der Waals surface area (Å²) in [6.07, 6.45) is 0. The molecule has 0 atom stereocenters. The van der Waals surface area contributed by atoms with Crippen LogP contribution in [0.5, 0.6) is 0 Å². The van der Waals surface area contributed by atoms with Crippen LogP contribution >= 0.6 is 11.3 Å². The SMILES string of the molecule is c1ccc(-c2c(-c3ccccc3)c3cc(-c4cccc(N(c5ccc(-c6ccc7ccccc7c6)cc5)c5cccc6sc7ccccc7c56)c4)ccc3c3ccccc23)cc1. The Morgan fingerprint density at radius 3 is 1.61 bits per heavy atom. The van der Waals surface area contributed by atoms with Crippen LogP contribution in [0.1, 0.15) is 0 Å². The summed E-state index contributed by atoms with van der Waals surface area (Å²) < 4.78 is 2.57. The van der Waals surface area contributed by atoms with Gasteiger partial charge in [-0.25, -0.2) is 0 Å². The number of benzene rings is 11. The van der Waals surface area contributed by atoms with E-state index in [9.17, 15) is 0 Å². The Bertz CT molecular complexity index is 3620. The van der Waals surface area contributed by atoms with Crippen molar-refractivity contribution in [3.05, 3.63) is 237 Å². The maximum absolute atomic E-state index is 2.45. The highest BCUT2D eigenvalue weighted by Crippen LogP contribution is 2.48. The molecule has 12 rings (SSSR count). The fourth-order valence-electron chi connectivity index (χ4n) is 9.55. The van der Waals surface area contributed by atoms with Gasteiger partial charge in [-0.1, -0.05) is 182 Å². The zero-order valence-electron chi connectivity index (χ0n) is 33.9. The summed E-state index contributed by atoms with van der Waals surface area (Å²) in [6, 6.07) is 86.8. The second-order valence-electron chi connectivity index (χ2n) is 16.0. The first-order valence-electron chi connectivity index (χ1n) is 21.2. The van der Waals surface area contributed by atoms with Crippen molar-refractivity contribution in [3.8, 4) is 44.5 Å². The van der Waals surface area contributed by atoms with E-state index in [4.69, 9.17) is 0 Å². The van der Waals surface area contributed by atoms with E-state index in [0.717, 1.165) is 16.9 Å². The van der Waals surface area contributed by atoms with Gasteiger partial charge in [-0.3, -0.25) is 0 Å². The molecule has 62 heavy (non-hydrogen) atoms. The molecule has 0 aliphatic rings. The van der Waals surface area contributed by atoms with Crippen molar-refractivity contribution in [2.45, 2.75) is 0 Å². The van der Waals surface area contributed by atoms with E-state index < -0.39 is 0 Å². The molecule has 0 saturated carbocycles. The number of anilines is 3. The number of fused-ring (bicyclic) bond motifs is 7. The minimum Gasteiger partial charge on any atom is -0.310 e. The lowest BCUT2D eigenvalue weighted by Crippen LogP contribution is -2.10. The molecule has 1 nitrogen and oxygen atoms in total. The highest BCUT2D eigenvalue weighted by Gasteiger charge is 2.21. The van der Waals surface area contributed by atoms with Crippen molar-refractivity contribution in [1.29, 1.82) is 0 Å². The molecule has 0 radical (unpaired) electrons. The van der Waals surface area contributed by atoms with Crippen molar-refractivity contribution in [2.75, 3.05) is 4.90 Å². The average Bonchev–Trinajstić information content (AvgIpc) is 3.74. The van der Waals surface area contributed by atoms with Crippen LogP contribution in [0.15, 0.2) is 237 Å². The number of rotatable bonds is 7. The molecular weight excluding hydrogens is 767 g/mol. The molecule has 1 aromatic heterocycles. The zero-order valence-corrected chi connectivity index (χ0v) is 34.7. The normalized spacial score (nSPS) is 11.5. The van der Waals surface area contributed by atoms with Crippen LogP contribution in [0.2, 0.25) is 0 Å². The molecule has 0 saturated heterocycles. The third kappa shape index (κ3) is 6.15. The summed E-state index contributed by atoms with van der Waals surface area (Å²) in [5, 5.41) is 10.1. The monoisotopic (exact) mass is 805 g/mol. The minimum atomic E-state index is 1.11. The van der Waals surface area contributed by atoms with E-state index in [-0.39, 0.29) is 0 Å². The van der Waals surface area contributed by atoms with Gasteiger partial charge in [0.2, 0.25) is 0 Å². The van der Waals surface area contributed by atoms with Gasteiger partial charge in [0.1, 0.15) is 0 Å². The van der Waals surface area contributed by atoms with Gasteiger partial charge in [-0.2, -0.15) is 0 Å². The minimum absolute atomic E-state index is 1.11. The topological polar surface area (TPSA) is 3.24 Å². The predicted molar refractivity (Wildman–Crippen MR) is 268 cm³/mol. The third-order valence-corrected chi connectivity index (χ3v) is 13.6. The Kier molecular flexibility index (Phi) is 8.76. The van der Waals surface area contributed by atoms with Crippen LogP contribution in [0, 0.1) is 0 Å². The highest BCUT2D eigenvalue weighted by atomic mass is 32.1. The maximum atomic E-state index is 2.45. The Labute approximate surface area is 365 Å². The lowest BCUT2D eigenvalue weighted by atomic mass is 9.84. The number of nitrogens with zero attached hydrogens (tertiary/aromatic N) is 1. The van der Waals surface area contributed by atoms with Gasteiger partial charge in [0.15, 0.2) is 0 Å². The summed E-state index contributed by atoms with van der Waals surface area (Å²) in [6.45, 7) is 0. The second kappa shape index (κ2) is 15.0. The molecule has 0 bridgehead atoms. The molecule has 0 aliphatic heterocycles. The van der Waals surface area contributed by atoms with Crippen molar-refractivity contribution in [1.82, 2.24) is 0 Å². The largest absolute Gasteiger partial charge is 0.310 e. The van der Waals surface area contributed by atoms with Crippen LogP contribution in [0.3, 0.4) is 0 Å². The van der Waals surface area contributed by atoms with E-state index in [0.29, 0.717) is 0 Å². The fourth-order valence-corrected chi connectivity index (χ4v) is 10.7. The van der Waals surface area contributed by atoms with E-state index in [1.165, 1.54) is 97.1 Å². The number of hydrogen-bond donors (Lipinski definition) is 0. The van der Waals surface area contributed by atoms with Crippen molar-refractivity contribution in [3.63, 3.8) is 0 Å². The van der Waals surface area contributed by atoms with Gasteiger partial charge in [0.05, 0.1) is 5.69 Å². The first-order chi connectivity index (χ1) is 30.7. The van der Waals surface area contributed by atoms with Crippen molar-refractivity contribution in [2.24, 2.45) is 0 Å². The molecule has 1 heterocycles. The summed E-state index contributed by atoms with van der Waals surface area (Å²) in [4.78, 5) is 2.45. The zero-order chi connectivity index (χ0) is 41.0. The van der Waals surface area contributed by atoms with Crippen molar-refractivity contribution < 1.29 is 0 Å². The first kappa shape index (κ1) is 36.1. The molecule has 11 aromatic carbocycles. The molecule has 0 aliphatic carbocycles. The second-order valence-corrected chi connectivity index (χ2v) is 17.1. The molecule has 0 spiro atoms. The maximum Gasteiger partial charge on any atom is 0.0554 e. The molecule has 2 heteroatoms. The van der Waals surface area contributed by atoms with Gasteiger partial charge in [-0.15, -0.1) is 11.3 Å². The Morgan fingerprint density at radius 1 is 0.274 bits per heavy atom. The molecule has 0 amide bonds. The third-order valence-electron chi connectivity index (χ3n) is 12.4. The summed E-state index contributed by atoms with van der Waals surface area (Å²) in [7, 11) is 0. The van der Waals surface area contributed by atoms with Gasteiger partial charge in [-0.05, 0) is 131 Å². The van der Waals surface area contributed by atoms with Gasteiger partial charge in [0.25, 0.3) is 0 Å². The van der Waals surface area contributed by atoms with E-state index in [2.05, 4.69) is 241 Å². The summed E-state index contributed by atoms with van der Waals surface area (Å²) in [5.74, 6) is 0. The van der Waals surface area contributed by atoms with E-state index >= 15 is 0 Å². The lowest BCUT2D eigenvalue weighted by Gasteiger charge is -2.27. The fraction of sp³-hybridized carbons (Fsp3) is 0. The standard InChI is InChI=1S/C60H39NS/c1-3-16-42(17-4-1)58-52-24-10-9-23-50(52)51-36-33-47(39-54(51)59(58)43-18-5-2-6-19-43)45-21-13-22-49(38-45)61(55-26-14-28-57-60(55)53-25-11-12-27-56(53)62-57)48-34-31-41(32-35-48)46-30-29-40-15-7-8-20-44(40)37-46/h1-39H. The molecule has 290 valence electrons. The Morgan fingerprint density at radius 2 is 0.823 bits per heavy atom. The van der Waals surface area contributed by atoms with Crippen LogP contribution in [0.25, 0.3) is 97.0 Å². The molecule has 0 fully saturated rings. The lowest BCUT2D eigenvalue weighted by molar-refractivity contribution is 1.30. The van der Waals surface area contributed by atoms with Crippen LogP contribution in [-0.4, -0.2) is 0 Å². The number of thiophene rings is 1. The Balaban J connectivity index is 1.05. The van der Waals surface area contributed by atoms with Gasteiger partial charge in [0, 0.05) is 31.5 Å². The smallest absolute Gasteiger partial charge is 0.0554 e. The molecule has 12 aromatic rings.